The molecule has 3 fully saturated rings. The molecule has 5 rings (SSSR count). The molecule has 0 N–H and O–H groups in total. The molecule has 2 nitrogen and oxygen atoms in total. The maximum Gasteiger partial charge on any atom is 0.108 e. The molecule has 3 saturated carbocycles. The highest BCUT2D eigenvalue weighted by atomic mass is 32.1. The van der Waals surface area contributed by atoms with Crippen molar-refractivity contribution in [3.63, 3.8) is 0 Å². The van der Waals surface area contributed by atoms with Gasteiger partial charge in [0.05, 0.1) is 11.7 Å². The van der Waals surface area contributed by atoms with Gasteiger partial charge in [-0.15, -0.1) is 0 Å². The van der Waals surface area contributed by atoms with E-state index >= 15 is 0 Å². The Bertz CT molecular complexity index is 1030. The number of fused-ring (bicyclic) bond motifs is 4. The summed E-state index contributed by atoms with van der Waals surface area (Å²) in [5, 5.41) is 0. The van der Waals surface area contributed by atoms with Crippen LogP contribution in [-0.2, 0) is 0 Å². The second-order valence-electron chi connectivity index (χ2n) is 14.7. The second-order valence-corrected chi connectivity index (χ2v) is 15.2. The Morgan fingerprint density at radius 2 is 1.27 bits per heavy atom. The molecule has 0 spiro atoms. The van der Waals surface area contributed by atoms with Crippen LogP contribution in [0.4, 0.5) is 0 Å². The minimum absolute atomic E-state index is 0.600. The first kappa shape index (κ1) is 30.5. The van der Waals surface area contributed by atoms with E-state index in [1.165, 1.54) is 162 Å². The largest absolute Gasteiger partial charge is 0.173 e. The van der Waals surface area contributed by atoms with Crippen molar-refractivity contribution in [3.05, 3.63) is 23.3 Å². The molecule has 1 aromatic carbocycles. The molecule has 2 aromatic rings. The Morgan fingerprint density at radius 3 is 1.95 bits per heavy atom. The van der Waals surface area contributed by atoms with Gasteiger partial charge in [0, 0.05) is 0 Å². The molecule has 1 aromatic heterocycles. The Balaban J connectivity index is 1.40. The number of hydrogen-bond acceptors (Lipinski definition) is 3. The van der Waals surface area contributed by atoms with E-state index in [-0.39, 0.29) is 0 Å². The highest BCUT2D eigenvalue weighted by Gasteiger charge is 2.60. The van der Waals surface area contributed by atoms with Gasteiger partial charge in [-0.05, 0) is 104 Å². The summed E-state index contributed by atoms with van der Waals surface area (Å²) in [4.78, 5) is 0. The zero-order chi connectivity index (χ0) is 28.0. The Kier molecular flexibility index (Phi) is 11.0. The van der Waals surface area contributed by atoms with E-state index in [1.54, 1.807) is 0 Å². The maximum absolute atomic E-state index is 4.86. The number of aromatic nitrogens is 2. The third kappa shape index (κ3) is 6.50. The van der Waals surface area contributed by atoms with Crippen molar-refractivity contribution in [2.75, 3.05) is 0 Å². The fourth-order valence-electron chi connectivity index (χ4n) is 10.2. The van der Waals surface area contributed by atoms with Gasteiger partial charge in [0.15, 0.2) is 0 Å². The van der Waals surface area contributed by atoms with Gasteiger partial charge in [0.2, 0.25) is 0 Å². The van der Waals surface area contributed by atoms with Gasteiger partial charge in [-0.25, -0.2) is 0 Å². The minimum atomic E-state index is 0.600. The van der Waals surface area contributed by atoms with Crippen molar-refractivity contribution in [2.24, 2.45) is 35.0 Å². The monoisotopic (exact) mass is 564 g/mol. The van der Waals surface area contributed by atoms with Crippen molar-refractivity contribution >= 4 is 22.8 Å². The van der Waals surface area contributed by atoms with Crippen LogP contribution in [0.2, 0.25) is 0 Å². The van der Waals surface area contributed by atoms with Crippen LogP contribution in [0.15, 0.2) is 12.1 Å². The number of nitrogens with zero attached hydrogens (tertiary/aromatic N) is 2. The lowest BCUT2D eigenvalue weighted by molar-refractivity contribution is 0.0386. The summed E-state index contributed by atoms with van der Waals surface area (Å²) in [5.74, 6) is 5.54. The van der Waals surface area contributed by atoms with E-state index in [0.717, 1.165) is 29.6 Å². The van der Waals surface area contributed by atoms with Crippen molar-refractivity contribution in [1.82, 2.24) is 8.75 Å². The molecular formula is C37H60N2S. The zero-order valence-electron chi connectivity index (χ0n) is 26.6. The van der Waals surface area contributed by atoms with E-state index in [4.69, 9.17) is 8.75 Å². The van der Waals surface area contributed by atoms with Crippen molar-refractivity contribution in [3.8, 4) is 0 Å². The summed E-state index contributed by atoms with van der Waals surface area (Å²) in [6.45, 7) is 9.49. The first-order valence-corrected chi connectivity index (χ1v) is 18.5. The summed E-state index contributed by atoms with van der Waals surface area (Å²) in [6, 6.07) is 4.78. The highest BCUT2D eigenvalue weighted by molar-refractivity contribution is 7.00. The van der Waals surface area contributed by atoms with Crippen LogP contribution in [0.3, 0.4) is 0 Å². The predicted molar refractivity (Wildman–Crippen MR) is 174 cm³/mol. The molecule has 0 saturated heterocycles. The van der Waals surface area contributed by atoms with Crippen molar-refractivity contribution in [2.45, 2.75) is 162 Å². The summed E-state index contributed by atoms with van der Waals surface area (Å²) < 4.78 is 9.57. The summed E-state index contributed by atoms with van der Waals surface area (Å²) >= 11 is 1.42. The van der Waals surface area contributed by atoms with Crippen LogP contribution in [0.25, 0.3) is 11.0 Å². The summed E-state index contributed by atoms with van der Waals surface area (Å²) in [6.07, 6.45) is 29.1. The topological polar surface area (TPSA) is 25.8 Å². The predicted octanol–water partition coefficient (Wildman–Crippen LogP) is 12.1. The standard InChI is InChI=1S/C37H60N2S/c1-5-7-9-11-13-15-23-37(24-16-14-12-10-8-6-2)33-25-27(3)17-20-31(33)32-22-19-29(26-34(32)37)30-21-18-28(4)35-36(30)39-40-38-35/h18,21,27,29,31-34H,5-17,19-20,22-26H2,1-4H3. The molecule has 0 radical (unpaired) electrons. The van der Waals surface area contributed by atoms with E-state index in [9.17, 15) is 0 Å². The van der Waals surface area contributed by atoms with Gasteiger partial charge in [0.1, 0.15) is 11.0 Å². The molecule has 40 heavy (non-hydrogen) atoms. The van der Waals surface area contributed by atoms with Crippen LogP contribution < -0.4 is 0 Å². The van der Waals surface area contributed by atoms with Crippen LogP contribution >= 0.6 is 11.7 Å². The van der Waals surface area contributed by atoms with Gasteiger partial charge in [-0.2, -0.15) is 8.75 Å². The Labute approximate surface area is 251 Å². The van der Waals surface area contributed by atoms with Crippen molar-refractivity contribution in [1.29, 1.82) is 0 Å². The Hall–Kier alpha value is -0.960. The van der Waals surface area contributed by atoms with E-state index in [2.05, 4.69) is 39.8 Å². The van der Waals surface area contributed by atoms with E-state index in [0.29, 0.717) is 11.3 Å². The first-order chi connectivity index (χ1) is 19.6. The molecule has 224 valence electrons. The molecule has 3 heteroatoms. The number of rotatable bonds is 15. The normalized spacial score (nSPS) is 29.5. The lowest BCUT2D eigenvalue weighted by Crippen LogP contribution is -2.37. The van der Waals surface area contributed by atoms with Gasteiger partial charge < -0.3 is 0 Å². The third-order valence-electron chi connectivity index (χ3n) is 12.2. The molecule has 3 aliphatic carbocycles. The Morgan fingerprint density at radius 1 is 0.700 bits per heavy atom. The van der Waals surface area contributed by atoms with Crippen LogP contribution in [0.1, 0.15) is 166 Å². The van der Waals surface area contributed by atoms with Crippen LogP contribution in [-0.4, -0.2) is 8.75 Å². The van der Waals surface area contributed by atoms with Gasteiger partial charge in [-0.1, -0.05) is 116 Å². The smallest absolute Gasteiger partial charge is 0.108 e. The molecule has 6 unspecified atom stereocenters. The summed E-state index contributed by atoms with van der Waals surface area (Å²) in [5.41, 5.74) is 5.83. The lowest BCUT2D eigenvalue weighted by atomic mass is 9.58. The van der Waals surface area contributed by atoms with Gasteiger partial charge in [0.25, 0.3) is 0 Å². The number of hydrogen-bond donors (Lipinski definition) is 0. The maximum atomic E-state index is 4.86. The SMILES string of the molecule is CCCCCCCCC1(CCCCCCCC)C2CC(C)CCC2C2CCC(c3ccc(C)c4nsnc34)CC21. The van der Waals surface area contributed by atoms with E-state index < -0.39 is 0 Å². The second kappa shape index (κ2) is 14.5. The first-order valence-electron chi connectivity index (χ1n) is 17.8. The molecule has 0 amide bonds. The third-order valence-corrected chi connectivity index (χ3v) is 12.7. The average Bonchev–Trinajstić information content (AvgIpc) is 3.55. The molecule has 3 aliphatic rings. The molecule has 6 atom stereocenters. The summed E-state index contributed by atoms with van der Waals surface area (Å²) in [7, 11) is 0. The molecular weight excluding hydrogens is 504 g/mol. The van der Waals surface area contributed by atoms with E-state index in [1.807, 2.05) is 0 Å². The van der Waals surface area contributed by atoms with Gasteiger partial charge >= 0.3 is 0 Å². The molecule has 1 heterocycles. The molecule has 0 aliphatic heterocycles. The quantitative estimate of drug-likeness (QED) is 0.201. The lowest BCUT2D eigenvalue weighted by Gasteiger charge is -2.46. The fraction of sp³-hybridized carbons (Fsp3) is 0.838. The number of unbranched alkanes of at least 4 members (excludes halogenated alkanes) is 10. The van der Waals surface area contributed by atoms with Crippen LogP contribution in [0.5, 0.6) is 0 Å². The average molecular weight is 565 g/mol. The number of benzene rings is 1. The zero-order valence-corrected chi connectivity index (χ0v) is 27.4. The highest BCUT2D eigenvalue weighted by Crippen LogP contribution is 2.68. The molecule has 0 bridgehead atoms. The van der Waals surface area contributed by atoms with Gasteiger partial charge in [-0.3, -0.25) is 0 Å². The fourth-order valence-corrected chi connectivity index (χ4v) is 10.8. The van der Waals surface area contributed by atoms with Crippen molar-refractivity contribution < 1.29 is 0 Å². The minimum Gasteiger partial charge on any atom is -0.173 e. The number of aryl methyl sites for hydroxylation is 1. The van der Waals surface area contributed by atoms with Crippen LogP contribution in [0, 0.1) is 41.9 Å².